The number of nitrogens with zero attached hydrogens (tertiary/aromatic N) is 1. The zero-order valence-electron chi connectivity index (χ0n) is 13.8. The number of ether oxygens (including phenoxy) is 2. The van der Waals surface area contributed by atoms with Gasteiger partial charge in [-0.3, -0.25) is 0 Å². The van der Waals surface area contributed by atoms with E-state index in [1.807, 2.05) is 30.3 Å². The highest BCUT2D eigenvalue weighted by atomic mass is 79.9. The van der Waals surface area contributed by atoms with Gasteiger partial charge in [-0.05, 0) is 23.8 Å². The van der Waals surface area contributed by atoms with Crippen molar-refractivity contribution >= 4 is 15.9 Å². The molecule has 0 unspecified atom stereocenters. The summed E-state index contributed by atoms with van der Waals surface area (Å²) >= 11 is 3.30. The molecule has 2 atom stereocenters. The number of nitrogens with two attached hydrogens (primary N) is 1. The number of halogens is 3. The summed E-state index contributed by atoms with van der Waals surface area (Å²) in [6.45, 7) is -1.36. The van der Waals surface area contributed by atoms with Crippen molar-refractivity contribution in [2.75, 3.05) is 13.2 Å². The second kappa shape index (κ2) is 7.31. The molecule has 0 saturated heterocycles. The molecule has 26 heavy (non-hydrogen) atoms. The maximum absolute atomic E-state index is 15.1. The standard InChI is InChI=1S/C19H17BrF2N2O2/c20-14-6-7-16-15(10-14)18(24,19(21,22)12-25-9-8-23)11-17(26-16)13-4-2-1-3-5-13/h1-7,10,17H,9,11-12,24H2/t17-,18+/m0/s1. The van der Waals surface area contributed by atoms with Crippen molar-refractivity contribution in [2.24, 2.45) is 5.73 Å². The van der Waals surface area contributed by atoms with E-state index in [-0.39, 0.29) is 12.0 Å². The van der Waals surface area contributed by atoms with Crippen molar-refractivity contribution < 1.29 is 18.3 Å². The van der Waals surface area contributed by atoms with Gasteiger partial charge in [0.1, 0.15) is 30.6 Å². The number of rotatable bonds is 5. The minimum Gasteiger partial charge on any atom is -0.485 e. The predicted octanol–water partition coefficient (Wildman–Crippen LogP) is 4.30. The molecule has 3 rings (SSSR count). The number of fused-ring (bicyclic) bond motifs is 1. The van der Waals surface area contributed by atoms with Crippen LogP contribution < -0.4 is 10.5 Å². The molecule has 0 aromatic heterocycles. The molecule has 0 bridgehead atoms. The number of hydrogen-bond acceptors (Lipinski definition) is 4. The Balaban J connectivity index is 2.04. The Bertz CT molecular complexity index is 826. The zero-order chi connectivity index (χ0) is 18.8. The average molecular weight is 423 g/mol. The van der Waals surface area contributed by atoms with Gasteiger partial charge in [-0.1, -0.05) is 46.3 Å². The third-order valence-electron chi connectivity index (χ3n) is 4.47. The highest BCUT2D eigenvalue weighted by Crippen LogP contribution is 2.50. The molecule has 0 saturated carbocycles. The lowest BCUT2D eigenvalue weighted by molar-refractivity contribution is -0.143. The Morgan fingerprint density at radius 1 is 1.31 bits per heavy atom. The third-order valence-corrected chi connectivity index (χ3v) is 4.97. The van der Waals surface area contributed by atoms with E-state index < -0.39 is 30.8 Å². The van der Waals surface area contributed by atoms with Gasteiger partial charge in [0.25, 0.3) is 5.92 Å². The summed E-state index contributed by atoms with van der Waals surface area (Å²) in [7, 11) is 0. The van der Waals surface area contributed by atoms with Crippen LogP contribution in [0.1, 0.15) is 23.7 Å². The summed E-state index contributed by atoms with van der Waals surface area (Å²) in [6.07, 6.45) is -0.736. The fraction of sp³-hybridized carbons (Fsp3) is 0.316. The summed E-state index contributed by atoms with van der Waals surface area (Å²) in [5.74, 6) is -3.08. The second-order valence-electron chi connectivity index (χ2n) is 6.19. The maximum atomic E-state index is 15.1. The smallest absolute Gasteiger partial charge is 0.292 e. The van der Waals surface area contributed by atoms with E-state index in [1.165, 1.54) is 0 Å². The van der Waals surface area contributed by atoms with Crippen LogP contribution in [-0.2, 0) is 10.3 Å². The van der Waals surface area contributed by atoms with Crippen LogP contribution in [0.4, 0.5) is 8.78 Å². The molecule has 136 valence electrons. The van der Waals surface area contributed by atoms with Gasteiger partial charge in [0.15, 0.2) is 0 Å². The Labute approximate surface area is 158 Å². The largest absolute Gasteiger partial charge is 0.485 e. The first-order valence-electron chi connectivity index (χ1n) is 8.00. The van der Waals surface area contributed by atoms with Crippen LogP contribution in [0.2, 0.25) is 0 Å². The van der Waals surface area contributed by atoms with Crippen LogP contribution in [-0.4, -0.2) is 19.1 Å². The van der Waals surface area contributed by atoms with E-state index in [9.17, 15) is 0 Å². The van der Waals surface area contributed by atoms with Crippen molar-refractivity contribution in [3.8, 4) is 11.8 Å². The average Bonchev–Trinajstić information content (AvgIpc) is 2.63. The Hall–Kier alpha value is -2.01. The van der Waals surface area contributed by atoms with E-state index in [4.69, 9.17) is 20.5 Å². The van der Waals surface area contributed by atoms with E-state index >= 15 is 8.78 Å². The topological polar surface area (TPSA) is 68.3 Å². The van der Waals surface area contributed by atoms with Crippen molar-refractivity contribution in [2.45, 2.75) is 24.0 Å². The van der Waals surface area contributed by atoms with Gasteiger partial charge in [0.2, 0.25) is 0 Å². The van der Waals surface area contributed by atoms with Crippen molar-refractivity contribution in [3.05, 3.63) is 64.1 Å². The van der Waals surface area contributed by atoms with Crippen LogP contribution in [0.25, 0.3) is 0 Å². The number of benzene rings is 2. The van der Waals surface area contributed by atoms with Gasteiger partial charge in [-0.25, -0.2) is 8.78 Å². The van der Waals surface area contributed by atoms with Crippen LogP contribution in [0.15, 0.2) is 53.0 Å². The molecule has 1 aliphatic heterocycles. The summed E-state index contributed by atoms with van der Waals surface area (Å²) in [6, 6.07) is 15.7. The van der Waals surface area contributed by atoms with Crippen LogP contribution in [0, 0.1) is 11.3 Å². The summed E-state index contributed by atoms with van der Waals surface area (Å²) in [4.78, 5) is 0. The minimum atomic E-state index is -3.39. The third kappa shape index (κ3) is 3.45. The first kappa shape index (κ1) is 18.8. The number of alkyl halides is 2. The maximum Gasteiger partial charge on any atom is 0.292 e. The quantitative estimate of drug-likeness (QED) is 0.729. The molecule has 0 radical (unpaired) electrons. The molecule has 2 N–H and O–H groups in total. The van der Waals surface area contributed by atoms with E-state index in [2.05, 4.69) is 15.9 Å². The van der Waals surface area contributed by atoms with Gasteiger partial charge in [-0.2, -0.15) is 5.26 Å². The molecule has 4 nitrogen and oxygen atoms in total. The van der Waals surface area contributed by atoms with Crippen molar-refractivity contribution in [1.29, 1.82) is 5.26 Å². The van der Waals surface area contributed by atoms with Crippen molar-refractivity contribution in [3.63, 3.8) is 0 Å². The lowest BCUT2D eigenvalue weighted by Gasteiger charge is -2.44. The molecule has 1 heterocycles. The van der Waals surface area contributed by atoms with Crippen LogP contribution in [0.3, 0.4) is 0 Å². The summed E-state index contributed by atoms with van der Waals surface area (Å²) < 4.78 is 41.6. The van der Waals surface area contributed by atoms with Gasteiger partial charge in [0.05, 0.1) is 6.07 Å². The fourth-order valence-corrected chi connectivity index (χ4v) is 3.47. The van der Waals surface area contributed by atoms with E-state index in [0.717, 1.165) is 5.56 Å². The van der Waals surface area contributed by atoms with Crippen LogP contribution in [0.5, 0.6) is 5.75 Å². The highest BCUT2D eigenvalue weighted by Gasteiger charge is 2.56. The van der Waals surface area contributed by atoms with E-state index in [0.29, 0.717) is 10.2 Å². The normalized spacial score (nSPS) is 22.2. The molecule has 2 aromatic rings. The van der Waals surface area contributed by atoms with E-state index in [1.54, 1.807) is 24.3 Å². The second-order valence-corrected chi connectivity index (χ2v) is 7.10. The highest BCUT2D eigenvalue weighted by molar-refractivity contribution is 9.10. The fourth-order valence-electron chi connectivity index (χ4n) is 3.10. The Morgan fingerprint density at radius 2 is 2.04 bits per heavy atom. The van der Waals surface area contributed by atoms with Gasteiger partial charge < -0.3 is 15.2 Å². The van der Waals surface area contributed by atoms with Gasteiger partial charge in [0, 0.05) is 16.5 Å². The molecule has 0 amide bonds. The molecule has 2 aromatic carbocycles. The first-order valence-corrected chi connectivity index (χ1v) is 8.80. The Kier molecular flexibility index (Phi) is 5.28. The molecule has 7 heteroatoms. The monoisotopic (exact) mass is 422 g/mol. The Morgan fingerprint density at radius 3 is 2.73 bits per heavy atom. The lowest BCUT2D eigenvalue weighted by Crippen LogP contribution is -2.57. The molecular weight excluding hydrogens is 406 g/mol. The molecule has 0 spiro atoms. The van der Waals surface area contributed by atoms with Gasteiger partial charge in [-0.15, -0.1) is 0 Å². The number of hydrogen-bond donors (Lipinski definition) is 1. The molecule has 1 aliphatic rings. The summed E-state index contributed by atoms with van der Waals surface area (Å²) in [5.41, 5.74) is 5.29. The van der Waals surface area contributed by atoms with Crippen LogP contribution >= 0.6 is 15.9 Å². The lowest BCUT2D eigenvalue weighted by atomic mass is 9.76. The van der Waals surface area contributed by atoms with Crippen molar-refractivity contribution in [1.82, 2.24) is 0 Å². The molecule has 0 fully saturated rings. The molecule has 0 aliphatic carbocycles. The molecular formula is C19H17BrF2N2O2. The summed E-state index contributed by atoms with van der Waals surface area (Å²) in [5, 5.41) is 8.55. The van der Waals surface area contributed by atoms with Gasteiger partial charge >= 0.3 is 0 Å². The number of nitriles is 1. The SMILES string of the molecule is N#CCOCC(F)(F)[C@@]1(N)C[C@@H](c2ccccc2)Oc2ccc(Br)cc21. The first-order chi connectivity index (χ1) is 12.4. The zero-order valence-corrected chi connectivity index (χ0v) is 15.4. The predicted molar refractivity (Wildman–Crippen MR) is 95.8 cm³/mol. The minimum absolute atomic E-state index is 0.122.